The van der Waals surface area contributed by atoms with Crippen molar-refractivity contribution in [2.75, 3.05) is 0 Å². The molecule has 0 radical (unpaired) electrons. The van der Waals surface area contributed by atoms with Gasteiger partial charge in [-0.3, -0.25) is 9.78 Å². The molecule has 0 aliphatic carbocycles. The van der Waals surface area contributed by atoms with E-state index in [1.165, 1.54) is 0 Å². The van der Waals surface area contributed by atoms with E-state index in [1.807, 2.05) is 49.6 Å². The van der Waals surface area contributed by atoms with Crippen molar-refractivity contribution in [3.63, 3.8) is 0 Å². The van der Waals surface area contributed by atoms with Crippen molar-refractivity contribution in [2.24, 2.45) is 0 Å². The third-order valence-electron chi connectivity index (χ3n) is 2.67. The Morgan fingerprint density at radius 3 is 2.65 bits per heavy atom. The second-order valence-corrected chi connectivity index (χ2v) is 4.16. The zero-order chi connectivity index (χ0) is 12.1. The number of hydrogen-bond acceptors (Lipinski definition) is 2. The van der Waals surface area contributed by atoms with Gasteiger partial charge in [-0.15, -0.1) is 0 Å². The van der Waals surface area contributed by atoms with Crippen LogP contribution in [0.4, 0.5) is 0 Å². The summed E-state index contributed by atoms with van der Waals surface area (Å²) < 4.78 is 0. The Labute approximate surface area is 101 Å². The molecule has 2 heteroatoms. The molecule has 0 saturated heterocycles. The fourth-order valence-electron chi connectivity index (χ4n) is 1.78. The summed E-state index contributed by atoms with van der Waals surface area (Å²) >= 11 is 0. The lowest BCUT2D eigenvalue weighted by atomic mass is 10.0. The van der Waals surface area contributed by atoms with Crippen LogP contribution in [0.5, 0.6) is 0 Å². The van der Waals surface area contributed by atoms with E-state index >= 15 is 0 Å². The molecule has 0 amide bonds. The van der Waals surface area contributed by atoms with Crippen LogP contribution < -0.4 is 0 Å². The van der Waals surface area contributed by atoms with Crippen LogP contribution >= 0.6 is 0 Å². The van der Waals surface area contributed by atoms with Crippen LogP contribution in [0.3, 0.4) is 0 Å². The van der Waals surface area contributed by atoms with Gasteiger partial charge in [0.05, 0.1) is 0 Å². The summed E-state index contributed by atoms with van der Waals surface area (Å²) in [5.41, 5.74) is 3.04. The van der Waals surface area contributed by atoms with E-state index in [1.54, 1.807) is 0 Å². The minimum atomic E-state index is 0.187. The number of aromatic nitrogens is 1. The molecular formula is C15H15NO. The first-order valence-electron chi connectivity index (χ1n) is 5.74. The first kappa shape index (κ1) is 11.5. The molecule has 0 aliphatic rings. The third kappa shape index (κ3) is 3.25. The maximum absolute atomic E-state index is 11.9. The Morgan fingerprint density at radius 1 is 1.18 bits per heavy atom. The quantitative estimate of drug-likeness (QED) is 0.748. The number of hydrogen-bond donors (Lipinski definition) is 0. The summed E-state index contributed by atoms with van der Waals surface area (Å²) in [6.45, 7) is 2.01. The lowest BCUT2D eigenvalue weighted by Crippen LogP contribution is -2.01. The number of benzene rings is 1. The van der Waals surface area contributed by atoms with Gasteiger partial charge in [-0.2, -0.15) is 0 Å². The smallest absolute Gasteiger partial charge is 0.163 e. The normalized spacial score (nSPS) is 10.2. The maximum atomic E-state index is 11.9. The molecule has 0 unspecified atom stereocenters. The highest BCUT2D eigenvalue weighted by Crippen LogP contribution is 2.08. The number of nitrogens with zero attached hydrogens (tertiary/aromatic N) is 1. The lowest BCUT2D eigenvalue weighted by Gasteiger charge is -2.02. The van der Waals surface area contributed by atoms with Gasteiger partial charge in [0.2, 0.25) is 0 Å². The van der Waals surface area contributed by atoms with Gasteiger partial charge < -0.3 is 0 Å². The van der Waals surface area contributed by atoms with Crippen LogP contribution in [0.25, 0.3) is 0 Å². The minimum Gasteiger partial charge on any atom is -0.294 e. The molecule has 0 bridgehead atoms. The van der Waals surface area contributed by atoms with Gasteiger partial charge in [0, 0.05) is 24.4 Å². The second-order valence-electron chi connectivity index (χ2n) is 4.16. The van der Waals surface area contributed by atoms with Crippen LogP contribution in [0.1, 0.15) is 27.9 Å². The van der Waals surface area contributed by atoms with E-state index in [0.29, 0.717) is 6.42 Å². The lowest BCUT2D eigenvalue weighted by molar-refractivity contribution is 0.0983. The van der Waals surface area contributed by atoms with Gasteiger partial charge in [-0.1, -0.05) is 36.4 Å². The summed E-state index contributed by atoms with van der Waals surface area (Å²) in [5.74, 6) is 0.187. The topological polar surface area (TPSA) is 30.0 Å². The number of carbonyl (C=O) groups excluding carboxylic acids is 1. The van der Waals surface area contributed by atoms with Crippen molar-refractivity contribution in [3.05, 3.63) is 65.5 Å². The van der Waals surface area contributed by atoms with Crippen molar-refractivity contribution in [2.45, 2.75) is 19.8 Å². The summed E-state index contributed by atoms with van der Waals surface area (Å²) in [7, 11) is 0. The number of pyridine rings is 1. The molecule has 2 rings (SSSR count). The number of carbonyl (C=O) groups is 1. The molecule has 0 saturated carbocycles. The molecule has 0 atom stereocenters. The van der Waals surface area contributed by atoms with Gasteiger partial charge in [0.25, 0.3) is 0 Å². The Balaban J connectivity index is 1.97. The van der Waals surface area contributed by atoms with E-state index in [9.17, 15) is 4.79 Å². The van der Waals surface area contributed by atoms with Crippen molar-refractivity contribution in [1.82, 2.24) is 4.98 Å². The van der Waals surface area contributed by atoms with Crippen LogP contribution in [0.15, 0.2) is 48.8 Å². The van der Waals surface area contributed by atoms with Crippen LogP contribution in [-0.2, 0) is 6.42 Å². The van der Waals surface area contributed by atoms with E-state index in [-0.39, 0.29) is 5.78 Å². The zero-order valence-electron chi connectivity index (χ0n) is 9.89. The Hall–Kier alpha value is -1.96. The Morgan fingerprint density at radius 2 is 1.94 bits per heavy atom. The van der Waals surface area contributed by atoms with Gasteiger partial charge in [-0.25, -0.2) is 0 Å². The van der Waals surface area contributed by atoms with Gasteiger partial charge in [0.1, 0.15) is 0 Å². The number of aryl methyl sites for hydroxylation is 2. The summed E-state index contributed by atoms with van der Waals surface area (Å²) in [4.78, 5) is 16.0. The molecule has 2 nitrogen and oxygen atoms in total. The molecule has 0 N–H and O–H groups in total. The number of Topliss-reactive ketones (excluding diaryl/α,β-unsaturated/α-hetero) is 1. The number of rotatable bonds is 4. The monoisotopic (exact) mass is 225 g/mol. The van der Waals surface area contributed by atoms with Gasteiger partial charge >= 0.3 is 0 Å². The molecule has 0 fully saturated rings. The SMILES string of the molecule is Cc1cncc(CCC(=O)c2ccccc2)c1. The minimum absolute atomic E-state index is 0.187. The van der Waals surface area contributed by atoms with E-state index in [4.69, 9.17) is 0 Å². The molecule has 0 aliphatic heterocycles. The van der Waals surface area contributed by atoms with E-state index in [2.05, 4.69) is 11.1 Å². The molecule has 1 heterocycles. The Kier molecular flexibility index (Phi) is 3.66. The van der Waals surface area contributed by atoms with Gasteiger partial charge in [0.15, 0.2) is 5.78 Å². The highest BCUT2D eigenvalue weighted by Gasteiger charge is 2.05. The predicted molar refractivity (Wildman–Crippen MR) is 68.1 cm³/mol. The summed E-state index contributed by atoms with van der Waals surface area (Å²) in [6.07, 6.45) is 4.94. The molecular weight excluding hydrogens is 210 g/mol. The molecule has 2 aromatic rings. The standard InChI is InChI=1S/C15H15NO/c1-12-9-13(11-16-10-12)7-8-15(17)14-5-3-2-4-6-14/h2-6,9-11H,7-8H2,1H3. The van der Waals surface area contributed by atoms with E-state index < -0.39 is 0 Å². The summed E-state index contributed by atoms with van der Waals surface area (Å²) in [5, 5.41) is 0. The molecule has 0 spiro atoms. The molecule has 1 aromatic heterocycles. The first-order chi connectivity index (χ1) is 8.25. The van der Waals surface area contributed by atoms with Crippen molar-refractivity contribution in [1.29, 1.82) is 0 Å². The largest absolute Gasteiger partial charge is 0.294 e. The zero-order valence-corrected chi connectivity index (χ0v) is 9.89. The maximum Gasteiger partial charge on any atom is 0.163 e. The summed E-state index contributed by atoms with van der Waals surface area (Å²) in [6, 6.07) is 11.5. The molecule has 1 aromatic carbocycles. The highest BCUT2D eigenvalue weighted by atomic mass is 16.1. The average molecular weight is 225 g/mol. The first-order valence-corrected chi connectivity index (χ1v) is 5.74. The van der Waals surface area contributed by atoms with Gasteiger partial charge in [-0.05, 0) is 24.5 Å². The fraction of sp³-hybridized carbons (Fsp3) is 0.200. The Bertz CT molecular complexity index is 505. The number of ketones is 1. The fourth-order valence-corrected chi connectivity index (χ4v) is 1.78. The second kappa shape index (κ2) is 5.39. The van der Waals surface area contributed by atoms with Crippen molar-refractivity contribution < 1.29 is 4.79 Å². The van der Waals surface area contributed by atoms with Crippen molar-refractivity contribution >= 4 is 5.78 Å². The van der Waals surface area contributed by atoms with Crippen molar-refractivity contribution in [3.8, 4) is 0 Å². The third-order valence-corrected chi connectivity index (χ3v) is 2.67. The van der Waals surface area contributed by atoms with Crippen LogP contribution in [0, 0.1) is 6.92 Å². The molecule has 17 heavy (non-hydrogen) atoms. The highest BCUT2D eigenvalue weighted by molar-refractivity contribution is 5.96. The predicted octanol–water partition coefficient (Wildman–Crippen LogP) is 3.21. The van der Waals surface area contributed by atoms with E-state index in [0.717, 1.165) is 23.1 Å². The van der Waals surface area contributed by atoms with Crippen LogP contribution in [0.2, 0.25) is 0 Å². The molecule has 86 valence electrons. The average Bonchev–Trinajstić information content (AvgIpc) is 2.37. The van der Waals surface area contributed by atoms with Crippen LogP contribution in [-0.4, -0.2) is 10.8 Å².